The third kappa shape index (κ3) is 1.42. The van der Waals surface area contributed by atoms with E-state index < -0.39 is 0 Å². The van der Waals surface area contributed by atoms with Gasteiger partial charge in [0.15, 0.2) is 0 Å². The van der Waals surface area contributed by atoms with Crippen LogP contribution in [0.2, 0.25) is 0 Å². The summed E-state index contributed by atoms with van der Waals surface area (Å²) in [7, 11) is 0. The van der Waals surface area contributed by atoms with Gasteiger partial charge in [-0.05, 0) is 31.1 Å². The number of rotatable bonds is 0. The van der Waals surface area contributed by atoms with Crippen molar-refractivity contribution in [2.75, 3.05) is 0 Å². The Kier molecular flexibility index (Phi) is 2.17. The second-order valence-corrected chi connectivity index (χ2v) is 2.67. The molecular weight excluding hydrogens is 146 g/mol. The highest BCUT2D eigenvalue weighted by Gasteiger charge is 2.00. The highest BCUT2D eigenvalue weighted by atomic mass is 35.5. The maximum Gasteiger partial charge on any atom is 0.109 e. The van der Waals surface area contributed by atoms with Gasteiger partial charge in [0, 0.05) is 6.20 Å². The minimum absolute atomic E-state index is 0.711. The highest BCUT2D eigenvalue weighted by molar-refractivity contribution is 6.29. The molecule has 54 valence electrons. The third-order valence-corrected chi connectivity index (χ3v) is 1.97. The van der Waals surface area contributed by atoms with Crippen LogP contribution >= 0.6 is 11.6 Å². The molecule has 0 unspecified atom stereocenters. The molecule has 0 spiro atoms. The number of nitrogens with one attached hydrogen (secondary N) is 1. The quantitative estimate of drug-likeness (QED) is 0.530. The molecule has 2 heteroatoms. The lowest BCUT2D eigenvalue weighted by Crippen LogP contribution is -1.99. The van der Waals surface area contributed by atoms with Crippen molar-refractivity contribution in [3.63, 3.8) is 0 Å². The fourth-order valence-electron chi connectivity index (χ4n) is 0.720. The molecule has 0 radical (unpaired) electrons. The van der Waals surface area contributed by atoms with Crippen LogP contribution in [0.4, 0.5) is 0 Å². The van der Waals surface area contributed by atoms with Crippen LogP contribution in [0.5, 0.6) is 0 Å². The van der Waals surface area contributed by atoms with Crippen molar-refractivity contribution in [1.29, 1.82) is 0 Å². The summed E-state index contributed by atoms with van der Waals surface area (Å²) in [5.41, 5.74) is 2.30. The van der Waals surface area contributed by atoms with Crippen LogP contribution in [-0.4, -0.2) is 0 Å². The summed E-state index contributed by atoms with van der Waals surface area (Å²) < 4.78 is 0. The van der Waals surface area contributed by atoms with E-state index in [1.165, 1.54) is 5.57 Å². The van der Waals surface area contributed by atoms with E-state index in [1.807, 2.05) is 32.2 Å². The van der Waals surface area contributed by atoms with Crippen LogP contribution < -0.4 is 5.32 Å². The first-order valence-electron chi connectivity index (χ1n) is 3.18. The molecule has 0 bridgehead atoms. The molecule has 0 saturated heterocycles. The summed E-state index contributed by atoms with van der Waals surface area (Å²) in [6.45, 7) is 4.03. The van der Waals surface area contributed by atoms with Gasteiger partial charge in [-0.15, -0.1) is 0 Å². The number of hydrogen-bond acceptors (Lipinski definition) is 1. The Morgan fingerprint density at radius 2 is 2.10 bits per heavy atom. The molecule has 1 N–H and O–H groups in total. The smallest absolute Gasteiger partial charge is 0.109 e. The second-order valence-electron chi connectivity index (χ2n) is 2.29. The average molecular weight is 156 g/mol. The fraction of sp³-hybridized carbons (Fsp3) is 0.250. The molecule has 10 heavy (non-hydrogen) atoms. The van der Waals surface area contributed by atoms with E-state index in [0.717, 1.165) is 5.57 Å². The zero-order valence-electron chi connectivity index (χ0n) is 6.11. The number of halogens is 1. The first-order valence-corrected chi connectivity index (χ1v) is 3.56. The van der Waals surface area contributed by atoms with Gasteiger partial charge in [-0.25, -0.2) is 0 Å². The molecule has 0 fully saturated rings. The van der Waals surface area contributed by atoms with Crippen LogP contribution in [0.25, 0.3) is 0 Å². The summed E-state index contributed by atoms with van der Waals surface area (Å²) >= 11 is 5.84. The van der Waals surface area contributed by atoms with E-state index >= 15 is 0 Å². The zero-order valence-corrected chi connectivity index (χ0v) is 6.87. The third-order valence-electron chi connectivity index (χ3n) is 1.57. The molecule has 1 heterocycles. The largest absolute Gasteiger partial charge is 0.352 e. The highest BCUT2D eigenvalue weighted by Crippen LogP contribution is 2.16. The SMILES string of the molecule is CC1=CC=CNC(Cl)=C1C. The maximum atomic E-state index is 5.84. The van der Waals surface area contributed by atoms with Crippen LogP contribution in [0, 0.1) is 0 Å². The first-order chi connectivity index (χ1) is 4.72. The van der Waals surface area contributed by atoms with Crippen molar-refractivity contribution >= 4 is 11.6 Å². The van der Waals surface area contributed by atoms with Crippen LogP contribution in [0.3, 0.4) is 0 Å². The van der Waals surface area contributed by atoms with Crippen LogP contribution in [0.1, 0.15) is 13.8 Å². The Labute approximate surface area is 66.1 Å². The monoisotopic (exact) mass is 155 g/mol. The van der Waals surface area contributed by atoms with Crippen LogP contribution in [-0.2, 0) is 0 Å². The van der Waals surface area contributed by atoms with Crippen molar-refractivity contribution < 1.29 is 0 Å². The van der Waals surface area contributed by atoms with Gasteiger partial charge >= 0.3 is 0 Å². The fourth-order valence-corrected chi connectivity index (χ4v) is 0.932. The van der Waals surface area contributed by atoms with Crippen molar-refractivity contribution in [3.8, 4) is 0 Å². The average Bonchev–Trinajstić information content (AvgIpc) is 2.04. The summed E-state index contributed by atoms with van der Waals surface area (Å²) in [6.07, 6.45) is 5.79. The first kappa shape index (κ1) is 7.42. The molecule has 0 atom stereocenters. The van der Waals surface area contributed by atoms with Gasteiger partial charge in [0.1, 0.15) is 5.16 Å². The molecule has 0 aromatic carbocycles. The second kappa shape index (κ2) is 2.93. The van der Waals surface area contributed by atoms with E-state index in [4.69, 9.17) is 11.6 Å². The van der Waals surface area contributed by atoms with Crippen molar-refractivity contribution in [2.24, 2.45) is 0 Å². The normalized spacial score (nSPS) is 18.1. The minimum Gasteiger partial charge on any atom is -0.352 e. The van der Waals surface area contributed by atoms with E-state index in [-0.39, 0.29) is 0 Å². The van der Waals surface area contributed by atoms with Crippen molar-refractivity contribution in [1.82, 2.24) is 5.32 Å². The molecule has 1 aliphatic rings. The Bertz CT molecular complexity index is 218. The zero-order chi connectivity index (χ0) is 7.56. The summed E-state index contributed by atoms with van der Waals surface area (Å²) in [4.78, 5) is 0. The minimum atomic E-state index is 0.711. The van der Waals surface area contributed by atoms with Crippen LogP contribution in [0.15, 0.2) is 34.7 Å². The number of allylic oxidation sites excluding steroid dienone is 4. The molecule has 1 nitrogen and oxygen atoms in total. The van der Waals surface area contributed by atoms with Gasteiger partial charge < -0.3 is 5.32 Å². The lowest BCUT2D eigenvalue weighted by Gasteiger charge is -2.01. The van der Waals surface area contributed by atoms with Gasteiger partial charge in [-0.3, -0.25) is 0 Å². The Hall–Kier alpha value is -0.690. The molecule has 0 aromatic heterocycles. The lowest BCUT2D eigenvalue weighted by atomic mass is 10.1. The maximum absolute atomic E-state index is 5.84. The molecule has 1 aliphatic heterocycles. The Morgan fingerprint density at radius 1 is 1.40 bits per heavy atom. The standard InChI is InChI=1S/C8H10ClN/c1-6-4-3-5-10-8(9)7(6)2/h3-5,10H,1-2H3. The molecule has 0 amide bonds. The molecule has 1 rings (SSSR count). The number of hydrogen-bond donors (Lipinski definition) is 1. The molecule has 0 aromatic rings. The van der Waals surface area contributed by atoms with Gasteiger partial charge in [0.25, 0.3) is 0 Å². The summed E-state index contributed by atoms with van der Waals surface area (Å²) in [5.74, 6) is 0. The van der Waals surface area contributed by atoms with E-state index in [0.29, 0.717) is 5.16 Å². The molecule has 0 aliphatic carbocycles. The lowest BCUT2D eigenvalue weighted by molar-refractivity contribution is 1.13. The van der Waals surface area contributed by atoms with E-state index in [1.54, 1.807) is 0 Å². The summed E-state index contributed by atoms with van der Waals surface area (Å²) in [5, 5.41) is 3.65. The summed E-state index contributed by atoms with van der Waals surface area (Å²) in [6, 6.07) is 0. The van der Waals surface area contributed by atoms with Gasteiger partial charge in [-0.1, -0.05) is 17.7 Å². The predicted octanol–water partition coefficient (Wildman–Crippen LogP) is 2.52. The van der Waals surface area contributed by atoms with Gasteiger partial charge in [0.2, 0.25) is 0 Å². The Balaban J connectivity index is 3.00. The topological polar surface area (TPSA) is 12.0 Å². The van der Waals surface area contributed by atoms with Gasteiger partial charge in [-0.2, -0.15) is 0 Å². The van der Waals surface area contributed by atoms with Crippen molar-refractivity contribution in [3.05, 3.63) is 34.7 Å². The van der Waals surface area contributed by atoms with Gasteiger partial charge in [0.05, 0.1) is 0 Å². The molecular formula is C8H10ClN. The Morgan fingerprint density at radius 3 is 2.80 bits per heavy atom. The molecule has 0 saturated carbocycles. The predicted molar refractivity (Wildman–Crippen MR) is 44.6 cm³/mol. The van der Waals surface area contributed by atoms with Crippen molar-refractivity contribution in [2.45, 2.75) is 13.8 Å². The van der Waals surface area contributed by atoms with E-state index in [9.17, 15) is 0 Å². The van der Waals surface area contributed by atoms with E-state index in [2.05, 4.69) is 5.32 Å².